The van der Waals surface area contributed by atoms with Gasteiger partial charge in [0.25, 0.3) is 12.3 Å². The Morgan fingerprint density at radius 1 is 1.20 bits per heavy atom. The number of anilines is 2. The average molecular weight is 503 g/mol. The maximum absolute atomic E-state index is 13.1. The van der Waals surface area contributed by atoms with Crippen molar-refractivity contribution >= 4 is 28.9 Å². The van der Waals surface area contributed by atoms with Crippen molar-refractivity contribution in [3.05, 3.63) is 41.9 Å². The van der Waals surface area contributed by atoms with Crippen molar-refractivity contribution in [3.63, 3.8) is 0 Å². The molecular formula is C20H22F5N7O3. The van der Waals surface area contributed by atoms with Crippen LogP contribution in [0.1, 0.15) is 35.4 Å². The Labute approximate surface area is 195 Å². The summed E-state index contributed by atoms with van der Waals surface area (Å²) in [5, 5.41) is 24.5. The van der Waals surface area contributed by atoms with Gasteiger partial charge in [-0.3, -0.25) is 9.48 Å². The van der Waals surface area contributed by atoms with Crippen LogP contribution in [-0.4, -0.2) is 61.7 Å². The first-order valence-electron chi connectivity index (χ1n) is 10.3. The van der Waals surface area contributed by atoms with E-state index in [-0.39, 0.29) is 17.4 Å². The Bertz CT molecular complexity index is 1190. The van der Waals surface area contributed by atoms with Gasteiger partial charge in [0.05, 0.1) is 11.2 Å². The molecule has 0 saturated carbocycles. The number of halogens is 5. The minimum atomic E-state index is -5.08. The summed E-state index contributed by atoms with van der Waals surface area (Å²) in [7, 11) is 1.52. The molecule has 3 aromatic rings. The predicted octanol–water partition coefficient (Wildman–Crippen LogP) is 3.05. The number of amides is 1. The molecule has 4 heterocycles. The second-order valence-electron chi connectivity index (χ2n) is 7.62. The number of aryl methyl sites for hydroxylation is 1. The molecule has 15 heteroatoms. The Balaban J connectivity index is 0.000000429. The van der Waals surface area contributed by atoms with Gasteiger partial charge in [0.15, 0.2) is 5.69 Å². The number of aromatic nitrogens is 4. The molecule has 35 heavy (non-hydrogen) atoms. The van der Waals surface area contributed by atoms with E-state index >= 15 is 0 Å². The van der Waals surface area contributed by atoms with E-state index < -0.39 is 30.2 Å². The second kappa shape index (κ2) is 10.7. The van der Waals surface area contributed by atoms with Crippen molar-refractivity contribution < 1.29 is 36.6 Å². The number of alkyl halides is 5. The van der Waals surface area contributed by atoms with Crippen LogP contribution < -0.4 is 16.0 Å². The lowest BCUT2D eigenvalue weighted by Crippen LogP contribution is -2.38. The van der Waals surface area contributed by atoms with Crippen LogP contribution in [0.3, 0.4) is 0 Å². The van der Waals surface area contributed by atoms with Crippen LogP contribution in [0.5, 0.6) is 0 Å². The molecule has 1 atom stereocenters. The highest BCUT2D eigenvalue weighted by molar-refractivity contribution is 6.04. The minimum absolute atomic E-state index is 0.0139. The maximum atomic E-state index is 13.1. The number of hydrogen-bond donors (Lipinski definition) is 4. The topological polar surface area (TPSA) is 126 Å². The molecule has 0 spiro atoms. The lowest BCUT2D eigenvalue weighted by atomic mass is 10.1. The third-order valence-electron chi connectivity index (χ3n) is 4.94. The Kier molecular flexibility index (Phi) is 7.89. The lowest BCUT2D eigenvalue weighted by molar-refractivity contribution is -0.192. The highest BCUT2D eigenvalue weighted by Crippen LogP contribution is 2.26. The molecule has 0 unspecified atom stereocenters. The smallest absolute Gasteiger partial charge is 0.475 e. The molecule has 0 aromatic carbocycles. The summed E-state index contributed by atoms with van der Waals surface area (Å²) >= 11 is 0. The van der Waals surface area contributed by atoms with Gasteiger partial charge in [0.2, 0.25) is 0 Å². The summed E-state index contributed by atoms with van der Waals surface area (Å²) in [4.78, 5) is 21.6. The summed E-state index contributed by atoms with van der Waals surface area (Å²) in [6.07, 6.45) is -4.37. The Morgan fingerprint density at radius 3 is 2.49 bits per heavy atom. The van der Waals surface area contributed by atoms with Gasteiger partial charge in [0, 0.05) is 25.8 Å². The number of fused-ring (bicyclic) bond motifs is 1. The van der Waals surface area contributed by atoms with E-state index in [0.717, 1.165) is 31.4 Å². The first kappa shape index (κ1) is 25.9. The highest BCUT2D eigenvalue weighted by atomic mass is 19.4. The summed E-state index contributed by atoms with van der Waals surface area (Å²) in [5.41, 5.74) is 0.513. The summed E-state index contributed by atoms with van der Waals surface area (Å²) in [6.45, 7) is 1.87. The molecule has 1 aliphatic rings. The van der Waals surface area contributed by atoms with Gasteiger partial charge in [-0.2, -0.15) is 18.3 Å². The normalized spacial score (nSPS) is 16.0. The fourth-order valence-electron chi connectivity index (χ4n) is 3.37. The van der Waals surface area contributed by atoms with Crippen LogP contribution in [0.2, 0.25) is 0 Å². The zero-order valence-electron chi connectivity index (χ0n) is 18.3. The molecule has 0 radical (unpaired) electrons. The van der Waals surface area contributed by atoms with Gasteiger partial charge in [-0.15, -0.1) is 5.10 Å². The molecule has 0 aliphatic carbocycles. The summed E-state index contributed by atoms with van der Waals surface area (Å²) in [5.74, 6) is -2.63. The summed E-state index contributed by atoms with van der Waals surface area (Å²) in [6, 6.07) is 7.36. The molecule has 1 fully saturated rings. The van der Waals surface area contributed by atoms with Gasteiger partial charge in [0.1, 0.15) is 11.5 Å². The lowest BCUT2D eigenvalue weighted by Gasteiger charge is -2.24. The zero-order valence-corrected chi connectivity index (χ0v) is 18.3. The van der Waals surface area contributed by atoms with Gasteiger partial charge in [-0.1, -0.05) is 0 Å². The predicted molar refractivity (Wildman–Crippen MR) is 115 cm³/mol. The number of nitrogens with one attached hydrogen (secondary N) is 3. The Morgan fingerprint density at radius 2 is 1.89 bits per heavy atom. The number of carboxylic acid groups (broad SMARTS) is 1. The van der Waals surface area contributed by atoms with E-state index in [1.54, 1.807) is 12.1 Å². The van der Waals surface area contributed by atoms with E-state index in [0.29, 0.717) is 5.82 Å². The van der Waals surface area contributed by atoms with Crippen LogP contribution >= 0.6 is 0 Å². The van der Waals surface area contributed by atoms with Crippen molar-refractivity contribution in [1.29, 1.82) is 0 Å². The number of rotatable bonds is 5. The molecule has 4 N–H and O–H groups in total. The molecule has 3 aromatic heterocycles. The molecule has 0 bridgehead atoms. The number of aliphatic carboxylic acids is 1. The fraction of sp³-hybridized carbons (Fsp3) is 0.400. The third-order valence-corrected chi connectivity index (χ3v) is 4.94. The van der Waals surface area contributed by atoms with Gasteiger partial charge < -0.3 is 21.1 Å². The highest BCUT2D eigenvalue weighted by Gasteiger charge is 2.38. The van der Waals surface area contributed by atoms with Crippen LogP contribution in [0, 0.1) is 0 Å². The number of hydrogen-bond acceptors (Lipinski definition) is 6. The second-order valence-corrected chi connectivity index (χ2v) is 7.62. The van der Waals surface area contributed by atoms with E-state index in [1.165, 1.54) is 22.4 Å². The van der Waals surface area contributed by atoms with Crippen molar-refractivity contribution in [2.24, 2.45) is 7.05 Å². The number of carbonyl (C=O) groups is 2. The van der Waals surface area contributed by atoms with E-state index in [2.05, 4.69) is 26.1 Å². The molecule has 1 aliphatic heterocycles. The van der Waals surface area contributed by atoms with Gasteiger partial charge in [-0.25, -0.2) is 18.1 Å². The van der Waals surface area contributed by atoms with Crippen molar-refractivity contribution in [1.82, 2.24) is 24.7 Å². The number of carbonyl (C=O) groups excluding carboxylic acids is 1. The third kappa shape index (κ3) is 6.65. The van der Waals surface area contributed by atoms with E-state index in [4.69, 9.17) is 9.90 Å². The van der Waals surface area contributed by atoms with Crippen LogP contribution in [0.15, 0.2) is 30.5 Å². The van der Waals surface area contributed by atoms with Gasteiger partial charge in [-0.05, 0) is 43.7 Å². The van der Waals surface area contributed by atoms with Crippen LogP contribution in [-0.2, 0) is 11.8 Å². The van der Waals surface area contributed by atoms with Gasteiger partial charge >= 0.3 is 12.1 Å². The molecule has 1 amide bonds. The van der Waals surface area contributed by atoms with E-state index in [1.807, 2.05) is 12.1 Å². The first-order valence-corrected chi connectivity index (χ1v) is 10.3. The zero-order chi connectivity index (χ0) is 25.8. The van der Waals surface area contributed by atoms with E-state index in [9.17, 15) is 26.7 Å². The Hall–Kier alpha value is -3.75. The standard InChI is InChI=1S/C18H21F2N7O.C2HF3O2/c1-26-10-13(16(25-26)17(19)20)23-18(28)14-6-4-12-5-7-15(24-27(12)14)22-11-3-2-8-21-9-11;3-2(4,5)1(6)7/h4-7,10-11,17,21H,2-3,8-9H2,1H3,(H,22,24)(H,23,28);(H,6,7)/t11-;/m1./s1. The van der Waals surface area contributed by atoms with Crippen molar-refractivity contribution in [2.75, 3.05) is 23.7 Å². The number of carboxylic acids is 1. The van der Waals surface area contributed by atoms with Crippen LogP contribution in [0.25, 0.3) is 5.52 Å². The summed E-state index contributed by atoms with van der Waals surface area (Å²) < 4.78 is 60.7. The average Bonchev–Trinajstić information content (AvgIpc) is 3.37. The molecular weight excluding hydrogens is 481 g/mol. The molecule has 10 nitrogen and oxygen atoms in total. The number of piperidine rings is 1. The first-order chi connectivity index (χ1) is 16.5. The molecule has 4 rings (SSSR count). The van der Waals surface area contributed by atoms with Crippen LogP contribution in [0.4, 0.5) is 33.5 Å². The molecule has 190 valence electrons. The van der Waals surface area contributed by atoms with Crippen molar-refractivity contribution in [3.8, 4) is 0 Å². The number of nitrogens with zero attached hydrogens (tertiary/aromatic N) is 4. The largest absolute Gasteiger partial charge is 0.490 e. The quantitative estimate of drug-likeness (QED) is 0.395. The SMILES string of the molecule is Cn1cc(NC(=O)c2ccc3ccc(N[C@@H]4CCCNC4)nn23)c(C(F)F)n1.O=C(O)C(F)(F)F. The fourth-order valence-corrected chi connectivity index (χ4v) is 3.37. The minimum Gasteiger partial charge on any atom is -0.475 e. The monoisotopic (exact) mass is 503 g/mol. The molecule has 1 saturated heterocycles. The van der Waals surface area contributed by atoms with Crippen molar-refractivity contribution in [2.45, 2.75) is 31.5 Å². The maximum Gasteiger partial charge on any atom is 0.490 e.